The van der Waals surface area contributed by atoms with Crippen molar-refractivity contribution in [2.24, 2.45) is 7.05 Å². The van der Waals surface area contributed by atoms with Crippen LogP contribution in [0, 0.1) is 6.92 Å². The predicted octanol–water partition coefficient (Wildman–Crippen LogP) is 0.898. The minimum Gasteiger partial charge on any atom is -0.385 e. The minimum absolute atomic E-state index is 0.0985. The standard InChI is InChI=1S/C21H31N5O4/c1-16-20(21(29)26(25(16)3)17-9-6-5-7-10-17)23-18(27)11-13-24(2)15-19(28)22-12-8-14-30-4/h5-7,9-10H,8,11-15H2,1-4H3,(H,22,28)(H,23,27). The molecule has 0 saturated heterocycles. The summed E-state index contributed by atoms with van der Waals surface area (Å²) in [5.41, 5.74) is 1.38. The number of nitrogens with one attached hydrogen (secondary N) is 2. The van der Waals surface area contributed by atoms with E-state index in [9.17, 15) is 14.4 Å². The number of benzene rings is 1. The monoisotopic (exact) mass is 417 g/mol. The first-order chi connectivity index (χ1) is 14.3. The van der Waals surface area contributed by atoms with Crippen LogP contribution >= 0.6 is 0 Å². The third kappa shape index (κ3) is 6.30. The average molecular weight is 418 g/mol. The van der Waals surface area contributed by atoms with Crippen LogP contribution in [0.2, 0.25) is 0 Å². The van der Waals surface area contributed by atoms with Gasteiger partial charge in [0.05, 0.1) is 17.9 Å². The van der Waals surface area contributed by atoms with Crippen LogP contribution in [0.1, 0.15) is 18.5 Å². The van der Waals surface area contributed by atoms with E-state index < -0.39 is 0 Å². The van der Waals surface area contributed by atoms with Gasteiger partial charge in [-0.2, -0.15) is 0 Å². The maximum atomic E-state index is 12.8. The molecule has 1 heterocycles. The van der Waals surface area contributed by atoms with Crippen molar-refractivity contribution in [1.82, 2.24) is 19.6 Å². The molecular formula is C21H31N5O4. The van der Waals surface area contributed by atoms with Gasteiger partial charge in [-0.1, -0.05) is 18.2 Å². The van der Waals surface area contributed by atoms with E-state index in [1.165, 1.54) is 4.68 Å². The Morgan fingerprint density at radius 3 is 2.53 bits per heavy atom. The summed E-state index contributed by atoms with van der Waals surface area (Å²) in [5.74, 6) is -0.368. The molecule has 0 fully saturated rings. The van der Waals surface area contributed by atoms with Crippen LogP contribution in [-0.2, 0) is 21.4 Å². The van der Waals surface area contributed by atoms with E-state index in [4.69, 9.17) is 4.74 Å². The number of hydrogen-bond acceptors (Lipinski definition) is 5. The van der Waals surface area contributed by atoms with Crippen molar-refractivity contribution in [2.45, 2.75) is 19.8 Å². The Hall–Kier alpha value is -2.91. The summed E-state index contributed by atoms with van der Waals surface area (Å²) in [4.78, 5) is 38.9. The van der Waals surface area contributed by atoms with Crippen LogP contribution in [0.4, 0.5) is 5.69 Å². The highest BCUT2D eigenvalue weighted by Crippen LogP contribution is 2.14. The van der Waals surface area contributed by atoms with Crippen molar-refractivity contribution < 1.29 is 14.3 Å². The number of amides is 2. The largest absolute Gasteiger partial charge is 0.385 e. The predicted molar refractivity (Wildman–Crippen MR) is 116 cm³/mol. The van der Waals surface area contributed by atoms with Crippen LogP contribution in [0.25, 0.3) is 5.69 Å². The zero-order chi connectivity index (χ0) is 22.1. The van der Waals surface area contributed by atoms with Crippen molar-refractivity contribution in [3.63, 3.8) is 0 Å². The summed E-state index contributed by atoms with van der Waals surface area (Å²) in [6.45, 7) is 3.54. The first kappa shape index (κ1) is 23.4. The number of carbonyl (C=O) groups excluding carboxylic acids is 2. The first-order valence-corrected chi connectivity index (χ1v) is 9.93. The zero-order valence-corrected chi connectivity index (χ0v) is 18.1. The van der Waals surface area contributed by atoms with E-state index in [1.807, 2.05) is 30.3 Å². The molecule has 9 heteroatoms. The fraction of sp³-hybridized carbons (Fsp3) is 0.476. The molecule has 0 saturated carbocycles. The van der Waals surface area contributed by atoms with Crippen molar-refractivity contribution in [3.8, 4) is 5.69 Å². The maximum absolute atomic E-state index is 12.8. The van der Waals surface area contributed by atoms with E-state index in [2.05, 4.69) is 10.6 Å². The second-order valence-electron chi connectivity index (χ2n) is 7.17. The third-order valence-corrected chi connectivity index (χ3v) is 4.80. The molecule has 9 nitrogen and oxygen atoms in total. The van der Waals surface area contributed by atoms with E-state index in [0.717, 1.165) is 12.1 Å². The molecule has 1 aromatic carbocycles. The number of rotatable bonds is 11. The summed E-state index contributed by atoms with van der Waals surface area (Å²) in [5, 5.41) is 5.54. The molecule has 0 atom stereocenters. The molecule has 0 bridgehead atoms. The Labute approximate surface area is 176 Å². The highest BCUT2D eigenvalue weighted by Gasteiger charge is 2.18. The van der Waals surface area contributed by atoms with Crippen molar-refractivity contribution in [1.29, 1.82) is 0 Å². The molecule has 0 aliphatic heterocycles. The smallest absolute Gasteiger partial charge is 0.295 e. The molecule has 164 valence electrons. The molecule has 0 radical (unpaired) electrons. The molecule has 1 aromatic heterocycles. The molecule has 2 amide bonds. The second kappa shape index (κ2) is 11.3. The number of carbonyl (C=O) groups is 2. The van der Waals surface area contributed by atoms with Crippen LogP contribution in [0.5, 0.6) is 0 Å². The van der Waals surface area contributed by atoms with Gasteiger partial charge in [-0.15, -0.1) is 0 Å². The van der Waals surface area contributed by atoms with Gasteiger partial charge in [-0.25, -0.2) is 4.68 Å². The Balaban J connectivity index is 1.90. The van der Waals surface area contributed by atoms with Crippen LogP contribution in [-0.4, -0.2) is 66.5 Å². The third-order valence-electron chi connectivity index (χ3n) is 4.80. The lowest BCUT2D eigenvalue weighted by atomic mass is 10.3. The fourth-order valence-electron chi connectivity index (χ4n) is 3.03. The first-order valence-electron chi connectivity index (χ1n) is 9.93. The zero-order valence-electron chi connectivity index (χ0n) is 18.1. The van der Waals surface area contributed by atoms with Crippen molar-refractivity contribution in [2.75, 3.05) is 45.7 Å². The molecule has 30 heavy (non-hydrogen) atoms. The Kier molecular flexibility index (Phi) is 8.82. The van der Waals surface area contributed by atoms with Crippen molar-refractivity contribution in [3.05, 3.63) is 46.4 Å². The SMILES string of the molecule is COCCCNC(=O)CN(C)CCC(=O)Nc1c(C)n(C)n(-c2ccccc2)c1=O. The Morgan fingerprint density at radius 2 is 1.87 bits per heavy atom. The van der Waals surface area contributed by atoms with E-state index >= 15 is 0 Å². The number of anilines is 1. The molecule has 0 spiro atoms. The maximum Gasteiger partial charge on any atom is 0.295 e. The van der Waals surface area contributed by atoms with Gasteiger partial charge >= 0.3 is 0 Å². The summed E-state index contributed by atoms with van der Waals surface area (Å²) >= 11 is 0. The van der Waals surface area contributed by atoms with Crippen LogP contribution < -0.4 is 16.2 Å². The molecule has 0 aliphatic carbocycles. The lowest BCUT2D eigenvalue weighted by Gasteiger charge is -2.16. The molecule has 2 rings (SSSR count). The molecular weight excluding hydrogens is 386 g/mol. The fourth-order valence-corrected chi connectivity index (χ4v) is 3.03. The van der Waals surface area contributed by atoms with Gasteiger partial charge in [0.1, 0.15) is 5.69 Å². The number of ether oxygens (including phenoxy) is 1. The Morgan fingerprint density at radius 1 is 1.17 bits per heavy atom. The van der Waals surface area contributed by atoms with Crippen molar-refractivity contribution >= 4 is 17.5 Å². The summed E-state index contributed by atoms with van der Waals surface area (Å²) < 4.78 is 8.17. The van der Waals surface area contributed by atoms with Gasteiger partial charge in [0.25, 0.3) is 5.56 Å². The Bertz CT molecular complexity index is 904. The highest BCUT2D eigenvalue weighted by atomic mass is 16.5. The number of para-hydroxylation sites is 1. The highest BCUT2D eigenvalue weighted by molar-refractivity contribution is 5.91. The minimum atomic E-state index is -0.279. The van der Waals surface area contributed by atoms with Gasteiger partial charge in [-0.3, -0.25) is 24.0 Å². The summed E-state index contributed by atoms with van der Waals surface area (Å²) in [6, 6.07) is 9.25. The second-order valence-corrected chi connectivity index (χ2v) is 7.17. The van der Waals surface area contributed by atoms with Gasteiger partial charge in [0.2, 0.25) is 11.8 Å². The lowest BCUT2D eigenvalue weighted by molar-refractivity contribution is -0.122. The summed E-state index contributed by atoms with van der Waals surface area (Å²) in [6.07, 6.45) is 0.928. The van der Waals surface area contributed by atoms with E-state index in [1.54, 1.807) is 37.7 Å². The number of aromatic nitrogens is 2. The molecule has 2 N–H and O–H groups in total. The molecule has 0 aliphatic rings. The van der Waals surface area contributed by atoms with Crippen LogP contribution in [0.3, 0.4) is 0 Å². The van der Waals surface area contributed by atoms with Gasteiger partial charge < -0.3 is 15.4 Å². The lowest BCUT2D eigenvalue weighted by Crippen LogP contribution is -2.37. The van der Waals surface area contributed by atoms with Gasteiger partial charge in [-0.05, 0) is 32.5 Å². The number of methoxy groups -OCH3 is 1. The van der Waals surface area contributed by atoms with E-state index in [-0.39, 0.29) is 36.0 Å². The molecule has 2 aromatic rings. The number of hydrogen-bond donors (Lipinski definition) is 2. The number of likely N-dealkylation sites (N-methyl/N-ethyl adjacent to an activating group) is 1. The average Bonchev–Trinajstić information content (AvgIpc) is 2.93. The molecule has 0 unspecified atom stereocenters. The normalized spacial score (nSPS) is 11.0. The van der Waals surface area contributed by atoms with Crippen LogP contribution in [0.15, 0.2) is 35.1 Å². The topological polar surface area (TPSA) is 97.6 Å². The summed E-state index contributed by atoms with van der Waals surface area (Å²) in [7, 11) is 5.17. The quantitative estimate of drug-likeness (QED) is 0.530. The van der Waals surface area contributed by atoms with E-state index in [0.29, 0.717) is 25.4 Å². The van der Waals surface area contributed by atoms with Gasteiger partial charge in [0.15, 0.2) is 0 Å². The van der Waals surface area contributed by atoms with Gasteiger partial charge in [0, 0.05) is 40.3 Å². The number of nitrogens with zero attached hydrogens (tertiary/aromatic N) is 3.